The van der Waals surface area contributed by atoms with Gasteiger partial charge in [0.2, 0.25) is 0 Å². The molecular formula is C12H15N3O3S. The molecule has 102 valence electrons. The number of hydrogen-bond acceptors (Lipinski definition) is 5. The lowest BCUT2D eigenvalue weighted by Gasteiger charge is -2.14. The molecule has 0 radical (unpaired) electrons. The number of carboxylic acids is 1. The highest BCUT2D eigenvalue weighted by molar-refractivity contribution is 7.99. The van der Waals surface area contributed by atoms with Crippen molar-refractivity contribution in [2.75, 3.05) is 5.75 Å². The minimum absolute atomic E-state index is 0.0133. The number of aromatic carboxylic acids is 1. The molecule has 0 aliphatic rings. The van der Waals surface area contributed by atoms with Crippen molar-refractivity contribution in [3.05, 3.63) is 21.7 Å². The zero-order valence-corrected chi connectivity index (χ0v) is 11.8. The predicted molar refractivity (Wildman–Crippen MR) is 71.3 cm³/mol. The standard InChI is InChI=1S/C12H15N3O3S/c1-7-8(10(16)17)9(15-11(18)14-7)19-5-4-12(2,3)6-13/h4-5H2,1-3H3,(H,16,17)(H,14,15,18). The second kappa shape index (κ2) is 5.89. The highest BCUT2D eigenvalue weighted by atomic mass is 32.2. The normalized spacial score (nSPS) is 11.1. The number of thioether (sulfide) groups is 1. The molecule has 0 spiro atoms. The van der Waals surface area contributed by atoms with Crippen LogP contribution in [0.25, 0.3) is 0 Å². The number of nitrogens with one attached hydrogen (secondary N) is 1. The molecular weight excluding hydrogens is 266 g/mol. The van der Waals surface area contributed by atoms with E-state index in [9.17, 15) is 9.59 Å². The maximum absolute atomic E-state index is 11.3. The van der Waals surface area contributed by atoms with Crippen LogP contribution in [-0.2, 0) is 0 Å². The number of nitrogens with zero attached hydrogens (tertiary/aromatic N) is 2. The molecule has 7 heteroatoms. The zero-order chi connectivity index (χ0) is 14.6. The van der Waals surface area contributed by atoms with E-state index in [1.807, 2.05) is 13.8 Å². The van der Waals surface area contributed by atoms with E-state index in [1.165, 1.54) is 18.7 Å². The van der Waals surface area contributed by atoms with E-state index in [4.69, 9.17) is 10.4 Å². The summed E-state index contributed by atoms with van der Waals surface area (Å²) in [5.74, 6) is -0.597. The quantitative estimate of drug-likeness (QED) is 0.629. The summed E-state index contributed by atoms with van der Waals surface area (Å²) < 4.78 is 0. The van der Waals surface area contributed by atoms with Crippen LogP contribution >= 0.6 is 11.8 Å². The monoisotopic (exact) mass is 281 g/mol. The fourth-order valence-corrected chi connectivity index (χ4v) is 2.71. The minimum atomic E-state index is -1.12. The third kappa shape index (κ3) is 4.10. The van der Waals surface area contributed by atoms with E-state index in [0.29, 0.717) is 12.2 Å². The lowest BCUT2D eigenvalue weighted by Crippen LogP contribution is -2.18. The van der Waals surface area contributed by atoms with Gasteiger partial charge in [0, 0.05) is 11.4 Å². The van der Waals surface area contributed by atoms with Gasteiger partial charge in [0.1, 0.15) is 10.6 Å². The maximum atomic E-state index is 11.3. The van der Waals surface area contributed by atoms with Crippen molar-refractivity contribution in [3.63, 3.8) is 0 Å². The molecule has 0 aliphatic heterocycles. The molecule has 1 rings (SSSR count). The number of aryl methyl sites for hydroxylation is 1. The first kappa shape index (κ1) is 15.2. The number of H-pyrrole nitrogens is 1. The van der Waals surface area contributed by atoms with Crippen LogP contribution in [0.3, 0.4) is 0 Å². The van der Waals surface area contributed by atoms with Crippen molar-refractivity contribution in [2.24, 2.45) is 5.41 Å². The third-order valence-electron chi connectivity index (χ3n) is 2.57. The molecule has 0 saturated heterocycles. The van der Waals surface area contributed by atoms with Gasteiger partial charge >= 0.3 is 11.7 Å². The smallest absolute Gasteiger partial charge is 0.346 e. The number of rotatable bonds is 5. The predicted octanol–water partition coefficient (Wildman–Crippen LogP) is 1.81. The summed E-state index contributed by atoms with van der Waals surface area (Å²) in [6.07, 6.45) is 0.584. The van der Waals surface area contributed by atoms with Crippen molar-refractivity contribution >= 4 is 17.7 Å². The Morgan fingerprint density at radius 2 is 2.21 bits per heavy atom. The molecule has 0 unspecified atom stereocenters. The van der Waals surface area contributed by atoms with Crippen LogP contribution in [0.2, 0.25) is 0 Å². The summed E-state index contributed by atoms with van der Waals surface area (Å²) in [6, 6.07) is 2.17. The highest BCUT2D eigenvalue weighted by Gasteiger charge is 2.20. The molecule has 1 aromatic heterocycles. The van der Waals surface area contributed by atoms with Gasteiger partial charge in [-0.1, -0.05) is 0 Å². The molecule has 0 saturated carbocycles. The van der Waals surface area contributed by atoms with Crippen molar-refractivity contribution in [3.8, 4) is 6.07 Å². The molecule has 0 fully saturated rings. The topological polar surface area (TPSA) is 107 Å². The molecule has 1 heterocycles. The van der Waals surface area contributed by atoms with E-state index in [0.717, 1.165) is 0 Å². The van der Waals surface area contributed by atoms with Gasteiger partial charge in [-0.25, -0.2) is 9.59 Å². The van der Waals surface area contributed by atoms with Crippen molar-refractivity contribution in [2.45, 2.75) is 32.2 Å². The van der Waals surface area contributed by atoms with Crippen LogP contribution in [0, 0.1) is 23.7 Å². The van der Waals surface area contributed by atoms with Gasteiger partial charge in [-0.05, 0) is 27.2 Å². The van der Waals surface area contributed by atoms with Crippen LogP contribution in [0.15, 0.2) is 9.82 Å². The molecule has 0 bridgehead atoms. The Hall–Kier alpha value is -1.81. The van der Waals surface area contributed by atoms with Crippen LogP contribution in [0.4, 0.5) is 0 Å². The largest absolute Gasteiger partial charge is 0.478 e. The first-order valence-corrected chi connectivity index (χ1v) is 6.63. The Kier molecular flexibility index (Phi) is 4.72. The van der Waals surface area contributed by atoms with Gasteiger partial charge in [0.15, 0.2) is 0 Å². The van der Waals surface area contributed by atoms with E-state index in [-0.39, 0.29) is 16.3 Å². The van der Waals surface area contributed by atoms with Gasteiger partial charge in [0.25, 0.3) is 0 Å². The third-order valence-corrected chi connectivity index (χ3v) is 3.55. The van der Waals surface area contributed by atoms with Gasteiger partial charge in [-0.2, -0.15) is 10.2 Å². The Morgan fingerprint density at radius 1 is 1.58 bits per heavy atom. The van der Waals surface area contributed by atoms with Gasteiger partial charge < -0.3 is 10.1 Å². The first-order chi connectivity index (χ1) is 8.76. The number of carbonyl (C=O) groups is 1. The Balaban J connectivity index is 2.93. The summed E-state index contributed by atoms with van der Waals surface area (Å²) >= 11 is 1.18. The molecule has 0 aliphatic carbocycles. The summed E-state index contributed by atoms with van der Waals surface area (Å²) in [4.78, 5) is 28.5. The number of hydrogen-bond donors (Lipinski definition) is 2. The summed E-state index contributed by atoms with van der Waals surface area (Å²) in [5.41, 5.74) is -0.745. The number of carboxylic acid groups (broad SMARTS) is 1. The average Bonchev–Trinajstić information content (AvgIpc) is 2.27. The molecule has 0 amide bonds. The fourth-order valence-electron chi connectivity index (χ4n) is 1.37. The Morgan fingerprint density at radius 3 is 2.74 bits per heavy atom. The Labute approximate surface area is 114 Å². The van der Waals surface area contributed by atoms with Crippen LogP contribution < -0.4 is 5.69 Å². The number of aromatic amines is 1. The molecule has 2 N–H and O–H groups in total. The van der Waals surface area contributed by atoms with Gasteiger partial charge in [0.05, 0.1) is 11.5 Å². The van der Waals surface area contributed by atoms with E-state index in [2.05, 4.69) is 16.0 Å². The number of nitriles is 1. The average molecular weight is 281 g/mol. The molecule has 0 aromatic carbocycles. The first-order valence-electron chi connectivity index (χ1n) is 5.65. The molecule has 1 aromatic rings. The van der Waals surface area contributed by atoms with Crippen molar-refractivity contribution in [1.82, 2.24) is 9.97 Å². The number of aromatic nitrogens is 2. The summed E-state index contributed by atoms with van der Waals surface area (Å²) in [6.45, 7) is 5.14. The highest BCUT2D eigenvalue weighted by Crippen LogP contribution is 2.26. The van der Waals surface area contributed by atoms with E-state index >= 15 is 0 Å². The van der Waals surface area contributed by atoms with Crippen molar-refractivity contribution < 1.29 is 9.90 Å². The van der Waals surface area contributed by atoms with E-state index < -0.39 is 17.1 Å². The second-order valence-electron chi connectivity index (χ2n) is 4.75. The minimum Gasteiger partial charge on any atom is -0.478 e. The maximum Gasteiger partial charge on any atom is 0.346 e. The molecule has 0 atom stereocenters. The summed E-state index contributed by atoms with van der Waals surface area (Å²) in [5, 5.41) is 18.2. The van der Waals surface area contributed by atoms with Crippen molar-refractivity contribution in [1.29, 1.82) is 5.26 Å². The lowest BCUT2D eigenvalue weighted by molar-refractivity contribution is 0.0690. The summed E-state index contributed by atoms with van der Waals surface area (Å²) in [7, 11) is 0. The second-order valence-corrected chi connectivity index (χ2v) is 5.83. The van der Waals surface area contributed by atoms with E-state index in [1.54, 1.807) is 0 Å². The molecule has 19 heavy (non-hydrogen) atoms. The van der Waals surface area contributed by atoms with Gasteiger partial charge in [-0.3, -0.25) is 0 Å². The van der Waals surface area contributed by atoms with Gasteiger partial charge in [-0.15, -0.1) is 11.8 Å². The fraction of sp³-hybridized carbons (Fsp3) is 0.500. The molecule has 6 nitrogen and oxygen atoms in total. The van der Waals surface area contributed by atoms with Crippen LogP contribution in [0.1, 0.15) is 36.3 Å². The van der Waals surface area contributed by atoms with Crippen LogP contribution in [-0.4, -0.2) is 26.8 Å². The van der Waals surface area contributed by atoms with Crippen LogP contribution in [0.5, 0.6) is 0 Å². The lowest BCUT2D eigenvalue weighted by atomic mass is 9.93. The Bertz CT molecular complexity index is 587. The SMILES string of the molecule is Cc1[nH]c(=O)nc(SCCC(C)(C)C#N)c1C(=O)O. The zero-order valence-electron chi connectivity index (χ0n) is 11.0.